The predicted molar refractivity (Wildman–Crippen MR) is 92.9 cm³/mol. The maximum absolute atomic E-state index is 11.8. The molecule has 0 radical (unpaired) electrons. The molecule has 104 valence electrons. The number of fused-ring (bicyclic) bond motifs is 1. The molecule has 0 aliphatic heterocycles. The summed E-state index contributed by atoms with van der Waals surface area (Å²) < 4.78 is 0. The molecule has 0 spiro atoms. The summed E-state index contributed by atoms with van der Waals surface area (Å²) in [4.78, 5) is 20.5. The van der Waals surface area contributed by atoms with Crippen LogP contribution < -0.4 is 10.6 Å². The summed E-state index contributed by atoms with van der Waals surface area (Å²) in [6, 6.07) is 3.82. The summed E-state index contributed by atoms with van der Waals surface area (Å²) in [6.07, 6.45) is 5.51. The molecular formula is C13H17B3N4O. The smallest absolute Gasteiger partial charge is 0.228 e. The van der Waals surface area contributed by atoms with Crippen LogP contribution in [0, 0.1) is 5.92 Å². The molecule has 21 heavy (non-hydrogen) atoms. The minimum atomic E-state index is -0.0693. The number of hydrogen-bond donors (Lipinski definition) is 2. The number of pyridine rings is 2. The van der Waals surface area contributed by atoms with E-state index in [0.717, 1.165) is 29.4 Å². The summed E-state index contributed by atoms with van der Waals surface area (Å²) in [5, 5.41) is 8.14. The monoisotopic (exact) mass is 278 g/mol. The molecule has 2 aromatic rings. The second-order valence-electron chi connectivity index (χ2n) is 6.59. The van der Waals surface area contributed by atoms with E-state index in [0.29, 0.717) is 5.82 Å². The van der Waals surface area contributed by atoms with Gasteiger partial charge in [0.05, 0.1) is 0 Å². The molecule has 2 aromatic heterocycles. The standard InChI is InChI=1S/C13H17B3N4O/c14-13(15,16)20-11-9-6-18-10(5-8(9)3-4-17-11)19-12(21)7-1-2-7/h3-7H,1-2,14-16H2,(H,17,20)(H,18,19,21). The number of carbonyl (C=O) groups is 1. The van der Waals surface area contributed by atoms with Gasteiger partial charge in [0.1, 0.15) is 35.2 Å². The van der Waals surface area contributed by atoms with E-state index in [1.807, 2.05) is 12.1 Å². The zero-order chi connectivity index (χ0) is 15.0. The first-order valence-electron chi connectivity index (χ1n) is 7.26. The summed E-state index contributed by atoms with van der Waals surface area (Å²) in [5.41, 5.74) is 0. The van der Waals surface area contributed by atoms with Crippen molar-refractivity contribution in [2.24, 2.45) is 5.92 Å². The zero-order valence-corrected chi connectivity index (χ0v) is 12.6. The van der Waals surface area contributed by atoms with Crippen molar-refractivity contribution in [3.63, 3.8) is 0 Å². The molecule has 3 rings (SSSR count). The number of aromatic nitrogens is 2. The first-order valence-corrected chi connectivity index (χ1v) is 7.26. The number of rotatable bonds is 4. The van der Waals surface area contributed by atoms with Crippen LogP contribution in [0.5, 0.6) is 0 Å². The van der Waals surface area contributed by atoms with Gasteiger partial charge in [0.2, 0.25) is 5.91 Å². The molecule has 5 nitrogen and oxygen atoms in total. The van der Waals surface area contributed by atoms with Gasteiger partial charge in [-0.1, -0.05) is 0 Å². The normalized spacial score (nSPS) is 14.9. The topological polar surface area (TPSA) is 66.9 Å². The van der Waals surface area contributed by atoms with Crippen molar-refractivity contribution < 1.29 is 4.79 Å². The van der Waals surface area contributed by atoms with E-state index in [2.05, 4.69) is 44.1 Å². The van der Waals surface area contributed by atoms with Crippen LogP contribution in [-0.4, -0.2) is 44.7 Å². The highest BCUT2D eigenvalue weighted by molar-refractivity contribution is 6.60. The fraction of sp³-hybridized carbons (Fsp3) is 0.308. The predicted octanol–water partition coefficient (Wildman–Crippen LogP) is -1.10. The maximum Gasteiger partial charge on any atom is 0.228 e. The highest BCUT2D eigenvalue weighted by atomic mass is 16.2. The van der Waals surface area contributed by atoms with Gasteiger partial charge in [-0.05, 0) is 35.6 Å². The van der Waals surface area contributed by atoms with E-state index in [-0.39, 0.29) is 17.1 Å². The SMILES string of the molecule is BC(B)(B)Nc1nccc2cc(NC(=O)C3CC3)ncc12. The van der Waals surface area contributed by atoms with Crippen LogP contribution in [0.15, 0.2) is 24.5 Å². The van der Waals surface area contributed by atoms with Gasteiger partial charge in [-0.15, -0.1) is 0 Å². The lowest BCUT2D eigenvalue weighted by Gasteiger charge is -2.22. The van der Waals surface area contributed by atoms with Crippen molar-refractivity contribution in [2.75, 3.05) is 10.6 Å². The molecule has 0 atom stereocenters. The van der Waals surface area contributed by atoms with Crippen LogP contribution in [0.1, 0.15) is 12.8 Å². The molecule has 1 aliphatic rings. The van der Waals surface area contributed by atoms with Gasteiger partial charge < -0.3 is 10.6 Å². The number of hydrogen-bond acceptors (Lipinski definition) is 4. The lowest BCUT2D eigenvalue weighted by atomic mass is 9.49. The molecule has 0 unspecified atom stereocenters. The second kappa shape index (κ2) is 5.09. The third-order valence-electron chi connectivity index (χ3n) is 3.34. The molecular weight excluding hydrogens is 261 g/mol. The lowest BCUT2D eigenvalue weighted by Crippen LogP contribution is -2.40. The number of carbonyl (C=O) groups excluding carboxylic acids is 1. The minimum Gasteiger partial charge on any atom is -0.387 e. The van der Waals surface area contributed by atoms with Gasteiger partial charge in [0.25, 0.3) is 0 Å². The van der Waals surface area contributed by atoms with Gasteiger partial charge >= 0.3 is 0 Å². The Bertz CT molecular complexity index is 697. The molecule has 0 bridgehead atoms. The summed E-state index contributed by atoms with van der Waals surface area (Å²) >= 11 is 0. The van der Waals surface area contributed by atoms with Gasteiger partial charge in [-0.3, -0.25) is 4.79 Å². The highest BCUT2D eigenvalue weighted by Crippen LogP contribution is 2.30. The number of anilines is 2. The number of nitrogens with zero attached hydrogens (tertiary/aromatic N) is 2. The number of amides is 1. The summed E-state index contributed by atoms with van der Waals surface area (Å²) in [5.74, 6) is 1.67. The summed E-state index contributed by atoms with van der Waals surface area (Å²) in [7, 11) is 6.27. The molecule has 2 heterocycles. The molecule has 1 fully saturated rings. The fourth-order valence-electron chi connectivity index (χ4n) is 2.17. The molecule has 2 N–H and O–H groups in total. The Morgan fingerprint density at radius 3 is 2.71 bits per heavy atom. The second-order valence-corrected chi connectivity index (χ2v) is 6.59. The third-order valence-corrected chi connectivity index (χ3v) is 3.34. The van der Waals surface area contributed by atoms with Crippen molar-refractivity contribution in [3.8, 4) is 0 Å². The van der Waals surface area contributed by atoms with Crippen LogP contribution in [0.25, 0.3) is 10.8 Å². The molecule has 1 amide bonds. The average molecular weight is 278 g/mol. The van der Waals surface area contributed by atoms with Crippen LogP contribution >= 0.6 is 0 Å². The van der Waals surface area contributed by atoms with Crippen molar-refractivity contribution in [1.29, 1.82) is 0 Å². The van der Waals surface area contributed by atoms with Crippen molar-refractivity contribution >= 4 is 51.9 Å². The van der Waals surface area contributed by atoms with E-state index in [1.165, 1.54) is 0 Å². The molecule has 0 saturated heterocycles. The number of nitrogens with one attached hydrogen (secondary N) is 2. The Balaban J connectivity index is 1.89. The van der Waals surface area contributed by atoms with E-state index in [9.17, 15) is 4.79 Å². The first-order chi connectivity index (χ1) is 9.92. The van der Waals surface area contributed by atoms with Gasteiger partial charge in [-0.2, -0.15) is 0 Å². The quantitative estimate of drug-likeness (QED) is 0.697. The Labute approximate surface area is 126 Å². The maximum atomic E-state index is 11.8. The molecule has 8 heteroatoms. The summed E-state index contributed by atoms with van der Waals surface area (Å²) in [6.45, 7) is 0. The van der Waals surface area contributed by atoms with Gasteiger partial charge in [-0.25, -0.2) is 9.97 Å². The Hall–Kier alpha value is -1.98. The Kier molecular flexibility index (Phi) is 3.39. The van der Waals surface area contributed by atoms with Crippen molar-refractivity contribution in [3.05, 3.63) is 24.5 Å². The average Bonchev–Trinajstić information content (AvgIpc) is 3.21. The van der Waals surface area contributed by atoms with E-state index in [4.69, 9.17) is 0 Å². The van der Waals surface area contributed by atoms with E-state index >= 15 is 0 Å². The van der Waals surface area contributed by atoms with Gasteiger partial charge in [0.15, 0.2) is 0 Å². The van der Waals surface area contributed by atoms with E-state index < -0.39 is 0 Å². The highest BCUT2D eigenvalue weighted by Gasteiger charge is 2.29. The van der Waals surface area contributed by atoms with Crippen molar-refractivity contribution in [1.82, 2.24) is 9.97 Å². The Morgan fingerprint density at radius 1 is 1.29 bits per heavy atom. The van der Waals surface area contributed by atoms with Crippen LogP contribution in [-0.2, 0) is 4.79 Å². The third kappa shape index (κ3) is 3.38. The minimum absolute atomic E-state index is 0.0693. The van der Waals surface area contributed by atoms with E-state index in [1.54, 1.807) is 12.4 Å². The Morgan fingerprint density at radius 2 is 2.05 bits per heavy atom. The zero-order valence-electron chi connectivity index (χ0n) is 12.6. The fourth-order valence-corrected chi connectivity index (χ4v) is 2.17. The molecule has 0 aromatic carbocycles. The molecule has 1 saturated carbocycles. The van der Waals surface area contributed by atoms with Crippen LogP contribution in [0.4, 0.5) is 11.6 Å². The van der Waals surface area contributed by atoms with Crippen LogP contribution in [0.2, 0.25) is 0 Å². The first kappa shape index (κ1) is 14.0. The van der Waals surface area contributed by atoms with Crippen molar-refractivity contribution in [2.45, 2.75) is 18.1 Å². The lowest BCUT2D eigenvalue weighted by molar-refractivity contribution is -0.117. The molecule has 1 aliphatic carbocycles. The van der Waals surface area contributed by atoms with Crippen LogP contribution in [0.3, 0.4) is 0 Å². The largest absolute Gasteiger partial charge is 0.387 e. The van der Waals surface area contributed by atoms with Gasteiger partial charge in [0, 0.05) is 23.7 Å².